The first kappa shape index (κ1) is 30.1. The lowest BCUT2D eigenvalue weighted by molar-refractivity contribution is -0.173. The lowest BCUT2D eigenvalue weighted by atomic mass is 9.34. The number of anilines is 1. The summed E-state index contributed by atoms with van der Waals surface area (Å²) < 4.78 is 0. The number of carbonyl (C=O) groups is 2. The van der Waals surface area contributed by atoms with Gasteiger partial charge in [-0.1, -0.05) is 47.1 Å². The molecule has 0 spiro atoms. The van der Waals surface area contributed by atoms with Gasteiger partial charge in [-0.2, -0.15) is 0 Å². The van der Waals surface area contributed by atoms with Crippen LogP contribution in [0.1, 0.15) is 104 Å². The third kappa shape index (κ3) is 3.59. The van der Waals surface area contributed by atoms with Crippen LogP contribution in [0.5, 0.6) is 0 Å². The van der Waals surface area contributed by atoms with Gasteiger partial charge in [-0.15, -0.1) is 23.7 Å². The van der Waals surface area contributed by atoms with E-state index in [0.717, 1.165) is 50.1 Å². The van der Waals surface area contributed by atoms with Crippen molar-refractivity contribution in [1.82, 2.24) is 4.98 Å². The van der Waals surface area contributed by atoms with Gasteiger partial charge in [-0.25, -0.2) is 4.98 Å². The number of nitrogens with zero attached hydrogens (tertiary/aromatic N) is 2. The molecule has 1 aromatic rings. The van der Waals surface area contributed by atoms with Gasteiger partial charge in [0.25, 0.3) is 0 Å². The minimum Gasteiger partial charge on any atom is -0.481 e. The molecule has 5 nitrogen and oxygen atoms in total. The zero-order valence-corrected chi connectivity index (χ0v) is 27.6. The van der Waals surface area contributed by atoms with Crippen molar-refractivity contribution in [1.29, 1.82) is 0 Å². The summed E-state index contributed by atoms with van der Waals surface area (Å²) in [5.41, 5.74) is 1.45. The molecular formula is C33H49ClN2O3S. The van der Waals surface area contributed by atoms with E-state index in [0.29, 0.717) is 18.1 Å². The summed E-state index contributed by atoms with van der Waals surface area (Å²) in [5.74, 6) is 0.152. The number of aliphatic carboxylic acids is 1. The fourth-order valence-corrected chi connectivity index (χ4v) is 12.2. The number of rotatable bonds is 2. The zero-order valence-electron chi connectivity index (χ0n) is 25.9. The molecule has 0 saturated heterocycles. The number of hydrogen-bond acceptors (Lipinski definition) is 5. The van der Waals surface area contributed by atoms with Gasteiger partial charge in [-0.05, 0) is 97.9 Å². The second-order valence-corrected chi connectivity index (χ2v) is 17.2. The Morgan fingerprint density at radius 2 is 1.68 bits per heavy atom. The van der Waals surface area contributed by atoms with Crippen molar-refractivity contribution in [3.63, 3.8) is 0 Å². The van der Waals surface area contributed by atoms with Gasteiger partial charge in [0.1, 0.15) is 0 Å². The summed E-state index contributed by atoms with van der Waals surface area (Å²) in [6, 6.07) is 0. The van der Waals surface area contributed by atoms with Crippen molar-refractivity contribution >= 4 is 40.6 Å². The van der Waals surface area contributed by atoms with Crippen LogP contribution in [0.3, 0.4) is 0 Å². The summed E-state index contributed by atoms with van der Waals surface area (Å²) >= 11 is 1.81. The van der Waals surface area contributed by atoms with E-state index >= 15 is 0 Å². The van der Waals surface area contributed by atoms with Gasteiger partial charge in [0.05, 0.1) is 11.1 Å². The number of fused-ring (bicyclic) bond motifs is 8. The predicted octanol–water partition coefficient (Wildman–Crippen LogP) is 7.71. The quantitative estimate of drug-likeness (QED) is 0.383. The maximum Gasteiger partial charge on any atom is 0.309 e. The van der Waals surface area contributed by atoms with Crippen LogP contribution in [0, 0.1) is 44.8 Å². The molecule has 0 amide bonds. The molecule has 5 aliphatic carbocycles. The summed E-state index contributed by atoms with van der Waals surface area (Å²) in [6.07, 6.45) is 9.66. The van der Waals surface area contributed by atoms with Gasteiger partial charge in [0.2, 0.25) is 0 Å². The smallest absolute Gasteiger partial charge is 0.309 e. The molecule has 0 bridgehead atoms. The number of carbonyl (C=O) groups excluding carboxylic acids is 1. The molecule has 1 N–H and O–H groups in total. The number of ketones is 1. The van der Waals surface area contributed by atoms with Gasteiger partial charge in [0, 0.05) is 30.3 Å². The van der Waals surface area contributed by atoms with E-state index in [1.807, 2.05) is 18.3 Å². The maximum absolute atomic E-state index is 14.6. The van der Waals surface area contributed by atoms with Crippen LogP contribution in [-0.4, -0.2) is 35.9 Å². The Balaban J connectivity index is 0.00000323. The number of carboxylic acids is 1. The minimum atomic E-state index is -0.714. The van der Waals surface area contributed by atoms with E-state index in [9.17, 15) is 14.7 Å². The molecule has 0 radical (unpaired) electrons. The van der Waals surface area contributed by atoms with Crippen molar-refractivity contribution in [2.45, 2.75) is 105 Å². The molecule has 0 unspecified atom stereocenters. The van der Waals surface area contributed by atoms with Crippen molar-refractivity contribution < 1.29 is 14.7 Å². The second-order valence-electron chi connectivity index (χ2n) is 16.1. The molecule has 1 heterocycles. The van der Waals surface area contributed by atoms with E-state index in [1.54, 1.807) is 0 Å². The number of thiazole rings is 1. The van der Waals surface area contributed by atoms with Gasteiger partial charge in [-0.3, -0.25) is 9.59 Å². The fraction of sp³-hybridized carbons (Fsp3) is 0.788. The molecule has 40 heavy (non-hydrogen) atoms. The lowest BCUT2D eigenvalue weighted by Crippen LogP contribution is -2.66. The van der Waals surface area contributed by atoms with Crippen LogP contribution in [0.2, 0.25) is 0 Å². The Morgan fingerprint density at radius 3 is 2.30 bits per heavy atom. The molecule has 3 saturated carbocycles. The second kappa shape index (κ2) is 8.81. The van der Waals surface area contributed by atoms with Crippen LogP contribution in [0.4, 0.5) is 5.13 Å². The van der Waals surface area contributed by atoms with E-state index in [1.165, 1.54) is 16.1 Å². The van der Waals surface area contributed by atoms with Crippen molar-refractivity contribution in [2.75, 3.05) is 19.0 Å². The Morgan fingerprint density at radius 1 is 1.02 bits per heavy atom. The molecule has 6 rings (SSSR count). The number of aromatic nitrogens is 1. The first-order valence-electron chi connectivity index (χ1n) is 15.1. The van der Waals surface area contributed by atoms with Crippen LogP contribution in [0.25, 0.3) is 0 Å². The highest BCUT2D eigenvalue weighted by atomic mass is 35.5. The molecule has 3 fully saturated rings. The number of hydrogen-bond donors (Lipinski definition) is 1. The van der Waals surface area contributed by atoms with Crippen molar-refractivity contribution in [3.05, 3.63) is 22.2 Å². The molecule has 8 atom stereocenters. The summed E-state index contributed by atoms with van der Waals surface area (Å²) in [6.45, 7) is 16.3. The van der Waals surface area contributed by atoms with Crippen LogP contribution < -0.4 is 4.90 Å². The van der Waals surface area contributed by atoms with Crippen LogP contribution in [-0.2, 0) is 21.4 Å². The Kier molecular flexibility index (Phi) is 6.63. The molecule has 222 valence electrons. The Labute approximate surface area is 251 Å². The highest BCUT2D eigenvalue weighted by Gasteiger charge is 2.70. The van der Waals surface area contributed by atoms with Crippen molar-refractivity contribution in [3.8, 4) is 0 Å². The highest BCUT2D eigenvalue weighted by molar-refractivity contribution is 7.15. The first-order valence-corrected chi connectivity index (χ1v) is 15.9. The lowest BCUT2D eigenvalue weighted by Gasteiger charge is -2.69. The molecule has 7 heteroatoms. The molecular weight excluding hydrogens is 540 g/mol. The SMILES string of the molecule is CN(C)c1nc2c(s1)C[C@]1(C)[C@H]3C(=O)C=C4[C@@H]5C[C@@](C)(C(=O)O)CC[C@]5(C)CC[C@@]4(C)[C@]3(C)CC[C@H]1C2(C)C.Cl. The molecule has 0 aromatic carbocycles. The molecule has 5 aliphatic rings. The van der Waals surface area contributed by atoms with Gasteiger partial charge in [0.15, 0.2) is 10.9 Å². The van der Waals surface area contributed by atoms with E-state index in [2.05, 4.69) is 66.6 Å². The summed E-state index contributed by atoms with van der Waals surface area (Å²) in [7, 11) is 4.14. The topological polar surface area (TPSA) is 70.5 Å². The van der Waals surface area contributed by atoms with Crippen LogP contribution >= 0.6 is 23.7 Å². The average molecular weight is 589 g/mol. The monoisotopic (exact) mass is 588 g/mol. The largest absolute Gasteiger partial charge is 0.481 e. The molecule has 1 aromatic heterocycles. The van der Waals surface area contributed by atoms with E-state index < -0.39 is 11.4 Å². The third-order valence-corrected chi connectivity index (χ3v) is 14.7. The average Bonchev–Trinajstić information content (AvgIpc) is 3.26. The highest BCUT2D eigenvalue weighted by Crippen LogP contribution is 2.75. The maximum atomic E-state index is 14.6. The Bertz CT molecular complexity index is 1300. The van der Waals surface area contributed by atoms with E-state index in [4.69, 9.17) is 4.98 Å². The van der Waals surface area contributed by atoms with Gasteiger partial charge >= 0.3 is 5.97 Å². The normalized spacial score (nSPS) is 45.0. The van der Waals surface area contributed by atoms with E-state index in [-0.39, 0.29) is 51.3 Å². The Hall–Kier alpha value is -1.40. The minimum absolute atomic E-state index is 0. The number of allylic oxidation sites excluding steroid dienone is 2. The number of carboxylic acid groups (broad SMARTS) is 1. The predicted molar refractivity (Wildman–Crippen MR) is 164 cm³/mol. The molecule has 0 aliphatic heterocycles. The standard InChI is InChI=1S/C33H48N2O3S.ClH/c1-28(2)23-10-11-33(7)24(31(23,5)18-22-25(28)34-27(39-22)35(8)9)21(36)16-19-20-17-30(4,26(37)38)13-12-29(20,3)14-15-32(19,33)6;/h16,20,23-24H,10-15,17-18H2,1-9H3,(H,37,38);1H/t20-,23-,24+,29+,30-,31-,32+,33+;/m0./s1. The van der Waals surface area contributed by atoms with Gasteiger partial charge < -0.3 is 10.0 Å². The third-order valence-electron chi connectivity index (χ3n) is 13.4. The first-order chi connectivity index (χ1) is 17.9. The zero-order chi connectivity index (χ0) is 28.6. The fourth-order valence-electron chi connectivity index (χ4n) is 10.8. The summed E-state index contributed by atoms with van der Waals surface area (Å²) in [5, 5.41) is 11.2. The number of halogens is 1. The summed E-state index contributed by atoms with van der Waals surface area (Å²) in [4.78, 5) is 35.6. The van der Waals surface area contributed by atoms with Crippen molar-refractivity contribution in [2.24, 2.45) is 44.8 Å². The van der Waals surface area contributed by atoms with Crippen LogP contribution in [0.15, 0.2) is 11.6 Å².